The molecule has 0 aromatic carbocycles. The molecule has 0 saturated heterocycles. The minimum atomic E-state index is -0.952. The van der Waals surface area contributed by atoms with Crippen molar-refractivity contribution in [2.45, 2.75) is 20.4 Å². The van der Waals surface area contributed by atoms with Gasteiger partial charge in [-0.3, -0.25) is 14.6 Å². The molecule has 0 radical (unpaired) electrons. The van der Waals surface area contributed by atoms with E-state index >= 15 is 0 Å². The maximum atomic E-state index is 12.1. The lowest BCUT2D eigenvalue weighted by molar-refractivity contribution is -0.140. The molecular formula is C15H16N4O4. The Kier molecular flexibility index (Phi) is 3.59. The molecule has 1 aliphatic rings. The van der Waals surface area contributed by atoms with E-state index in [1.807, 2.05) is 0 Å². The minimum Gasteiger partial charge on any atom is -0.481 e. The maximum absolute atomic E-state index is 12.1. The van der Waals surface area contributed by atoms with E-state index in [2.05, 4.69) is 20.4 Å². The Morgan fingerprint density at radius 2 is 2.17 bits per heavy atom. The number of carbonyl (C=O) groups is 2. The standard InChI is InChI=1S/C15H16N4O4/c1-15(2)10(11(15)14(21)22)13(20)17-7-9-18-12(19-23-9)8-4-3-5-16-6-8/h3-6,10-11H,7H2,1-2H3,(H,17,20)(H,21,22). The number of carbonyl (C=O) groups excluding carboxylic acids is 1. The molecule has 2 aromatic heterocycles. The van der Waals surface area contributed by atoms with Crippen molar-refractivity contribution in [2.75, 3.05) is 0 Å². The molecule has 3 rings (SSSR count). The molecule has 1 amide bonds. The minimum absolute atomic E-state index is 0.0605. The molecule has 2 unspecified atom stereocenters. The third-order valence-electron chi connectivity index (χ3n) is 4.18. The van der Waals surface area contributed by atoms with Crippen LogP contribution in [-0.4, -0.2) is 32.1 Å². The van der Waals surface area contributed by atoms with Crippen LogP contribution in [0.4, 0.5) is 0 Å². The van der Waals surface area contributed by atoms with Gasteiger partial charge in [0.05, 0.1) is 18.4 Å². The summed E-state index contributed by atoms with van der Waals surface area (Å²) < 4.78 is 5.08. The van der Waals surface area contributed by atoms with Crippen LogP contribution in [0.15, 0.2) is 29.0 Å². The molecule has 0 bridgehead atoms. The molecule has 2 N–H and O–H groups in total. The summed E-state index contributed by atoms with van der Waals surface area (Å²) in [7, 11) is 0. The highest BCUT2D eigenvalue weighted by Crippen LogP contribution is 2.58. The van der Waals surface area contributed by atoms with Gasteiger partial charge in [0, 0.05) is 18.0 Å². The Labute approximate surface area is 131 Å². The quantitative estimate of drug-likeness (QED) is 0.848. The Hall–Kier alpha value is -2.77. The van der Waals surface area contributed by atoms with Crippen LogP contribution in [-0.2, 0) is 16.1 Å². The predicted molar refractivity (Wildman–Crippen MR) is 77.8 cm³/mol. The molecule has 8 heteroatoms. The third kappa shape index (κ3) is 2.79. The van der Waals surface area contributed by atoms with Gasteiger partial charge in [-0.2, -0.15) is 4.98 Å². The number of aromatic nitrogens is 3. The first-order valence-electron chi connectivity index (χ1n) is 7.14. The summed E-state index contributed by atoms with van der Waals surface area (Å²) >= 11 is 0. The highest BCUT2D eigenvalue weighted by molar-refractivity contribution is 5.91. The van der Waals surface area contributed by atoms with E-state index in [9.17, 15) is 9.59 Å². The first-order valence-corrected chi connectivity index (χ1v) is 7.14. The lowest BCUT2D eigenvalue weighted by Crippen LogP contribution is -2.27. The largest absolute Gasteiger partial charge is 0.481 e. The molecule has 23 heavy (non-hydrogen) atoms. The van der Waals surface area contributed by atoms with E-state index in [0.717, 1.165) is 0 Å². The van der Waals surface area contributed by atoms with Crippen molar-refractivity contribution in [1.29, 1.82) is 0 Å². The monoisotopic (exact) mass is 316 g/mol. The van der Waals surface area contributed by atoms with E-state index in [1.165, 1.54) is 0 Å². The van der Waals surface area contributed by atoms with Crippen LogP contribution in [0.1, 0.15) is 19.7 Å². The summed E-state index contributed by atoms with van der Waals surface area (Å²) in [5.41, 5.74) is 0.175. The molecule has 120 valence electrons. The summed E-state index contributed by atoms with van der Waals surface area (Å²) in [6.45, 7) is 3.59. The molecule has 2 atom stereocenters. The summed E-state index contributed by atoms with van der Waals surface area (Å²) in [6.07, 6.45) is 3.25. The fourth-order valence-electron chi connectivity index (χ4n) is 2.80. The van der Waals surface area contributed by atoms with Crippen LogP contribution in [0, 0.1) is 17.3 Å². The first-order chi connectivity index (χ1) is 10.9. The second-order valence-corrected chi connectivity index (χ2v) is 6.09. The average molecular weight is 316 g/mol. The average Bonchev–Trinajstić information content (AvgIpc) is 2.88. The fraction of sp³-hybridized carbons (Fsp3) is 0.400. The second kappa shape index (κ2) is 5.45. The molecule has 2 aromatic rings. The third-order valence-corrected chi connectivity index (χ3v) is 4.18. The van der Waals surface area contributed by atoms with Gasteiger partial charge in [-0.25, -0.2) is 0 Å². The number of nitrogens with zero attached hydrogens (tertiary/aromatic N) is 3. The Bertz CT molecular complexity index is 741. The number of carboxylic acid groups (broad SMARTS) is 1. The Balaban J connectivity index is 1.61. The van der Waals surface area contributed by atoms with Crippen molar-refractivity contribution in [2.24, 2.45) is 17.3 Å². The summed E-state index contributed by atoms with van der Waals surface area (Å²) in [6, 6.07) is 3.55. The topological polar surface area (TPSA) is 118 Å². The van der Waals surface area contributed by atoms with Crippen molar-refractivity contribution in [3.05, 3.63) is 30.4 Å². The number of aliphatic carboxylic acids is 1. The van der Waals surface area contributed by atoms with Gasteiger partial charge in [0.2, 0.25) is 17.6 Å². The van der Waals surface area contributed by atoms with E-state index in [4.69, 9.17) is 9.63 Å². The zero-order chi connectivity index (χ0) is 16.6. The van der Waals surface area contributed by atoms with E-state index in [0.29, 0.717) is 11.4 Å². The van der Waals surface area contributed by atoms with Crippen LogP contribution in [0.5, 0.6) is 0 Å². The summed E-state index contributed by atoms with van der Waals surface area (Å²) in [4.78, 5) is 31.4. The van der Waals surface area contributed by atoms with Gasteiger partial charge >= 0.3 is 5.97 Å². The molecule has 8 nitrogen and oxygen atoms in total. The summed E-state index contributed by atoms with van der Waals surface area (Å²) in [5.74, 6) is -1.83. The lowest BCUT2D eigenvalue weighted by atomic mass is 10.1. The van der Waals surface area contributed by atoms with Gasteiger partial charge in [-0.1, -0.05) is 19.0 Å². The summed E-state index contributed by atoms with van der Waals surface area (Å²) in [5, 5.41) is 15.6. The van der Waals surface area contributed by atoms with Gasteiger partial charge in [0.1, 0.15) is 0 Å². The molecular weight excluding hydrogens is 300 g/mol. The number of nitrogens with one attached hydrogen (secondary N) is 1. The van der Waals surface area contributed by atoms with E-state index < -0.39 is 23.2 Å². The molecule has 2 heterocycles. The molecule has 1 saturated carbocycles. The molecule has 1 aliphatic carbocycles. The highest BCUT2D eigenvalue weighted by Gasteiger charge is 2.65. The fourth-order valence-corrected chi connectivity index (χ4v) is 2.80. The lowest BCUT2D eigenvalue weighted by Gasteiger charge is -2.02. The first kappa shape index (κ1) is 15.1. The van der Waals surface area contributed by atoms with Crippen LogP contribution in [0.3, 0.4) is 0 Å². The smallest absolute Gasteiger partial charge is 0.307 e. The zero-order valence-corrected chi connectivity index (χ0v) is 12.7. The number of amides is 1. The maximum Gasteiger partial charge on any atom is 0.307 e. The number of rotatable bonds is 5. The zero-order valence-electron chi connectivity index (χ0n) is 12.7. The van der Waals surface area contributed by atoms with Crippen molar-refractivity contribution < 1.29 is 19.2 Å². The van der Waals surface area contributed by atoms with Gasteiger partial charge in [0.15, 0.2) is 0 Å². The van der Waals surface area contributed by atoms with E-state index in [-0.39, 0.29) is 18.3 Å². The number of pyridine rings is 1. The molecule has 0 spiro atoms. The Morgan fingerprint density at radius 1 is 1.39 bits per heavy atom. The second-order valence-electron chi connectivity index (χ2n) is 6.09. The number of hydrogen-bond donors (Lipinski definition) is 2. The SMILES string of the molecule is CC1(C)C(C(=O)O)C1C(=O)NCc1nc(-c2cccnc2)no1. The van der Waals surface area contributed by atoms with Gasteiger partial charge in [0.25, 0.3) is 0 Å². The molecule has 0 aliphatic heterocycles. The van der Waals surface area contributed by atoms with Gasteiger partial charge in [-0.05, 0) is 17.5 Å². The van der Waals surface area contributed by atoms with Crippen molar-refractivity contribution in [1.82, 2.24) is 20.4 Å². The van der Waals surface area contributed by atoms with Crippen LogP contribution < -0.4 is 5.32 Å². The molecule has 1 fully saturated rings. The van der Waals surface area contributed by atoms with Crippen LogP contribution in [0.2, 0.25) is 0 Å². The van der Waals surface area contributed by atoms with Gasteiger partial charge in [-0.15, -0.1) is 0 Å². The normalized spacial score (nSPS) is 21.7. The highest BCUT2D eigenvalue weighted by atomic mass is 16.5. The van der Waals surface area contributed by atoms with Crippen molar-refractivity contribution >= 4 is 11.9 Å². The van der Waals surface area contributed by atoms with Crippen LogP contribution in [0.25, 0.3) is 11.4 Å². The van der Waals surface area contributed by atoms with Gasteiger partial charge < -0.3 is 14.9 Å². The number of hydrogen-bond acceptors (Lipinski definition) is 6. The van der Waals surface area contributed by atoms with Crippen molar-refractivity contribution in [3.8, 4) is 11.4 Å². The van der Waals surface area contributed by atoms with E-state index in [1.54, 1.807) is 38.4 Å². The van der Waals surface area contributed by atoms with Crippen LogP contribution >= 0.6 is 0 Å². The Morgan fingerprint density at radius 3 is 2.78 bits per heavy atom. The predicted octanol–water partition coefficient (Wildman–Crippen LogP) is 1.10. The van der Waals surface area contributed by atoms with Crippen molar-refractivity contribution in [3.63, 3.8) is 0 Å². The number of carboxylic acids is 1.